The van der Waals surface area contributed by atoms with E-state index in [9.17, 15) is 4.79 Å². The predicted molar refractivity (Wildman–Crippen MR) is 72.4 cm³/mol. The summed E-state index contributed by atoms with van der Waals surface area (Å²) >= 11 is 4.10. The average Bonchev–Trinajstić information content (AvgIpc) is 2.70. The third-order valence-corrected chi connectivity index (χ3v) is 3.50. The highest BCUT2D eigenvalue weighted by Crippen LogP contribution is 2.25. The molecule has 100 valence electrons. The first-order valence-corrected chi connectivity index (χ1v) is 6.80. The number of likely N-dealkylation sites (tertiary alicyclic amines) is 1. The Hall–Kier alpha value is -1.24. The minimum absolute atomic E-state index is 0.165. The molecule has 1 aliphatic rings. The van der Waals surface area contributed by atoms with E-state index in [1.54, 1.807) is 11.7 Å². The number of carbonyl (C=O) groups is 1. The highest BCUT2D eigenvalue weighted by atomic mass is 32.1. The number of piperidine rings is 1. The molecule has 0 saturated carbocycles. The van der Waals surface area contributed by atoms with Gasteiger partial charge in [0.1, 0.15) is 0 Å². The number of carbonyl (C=O) groups excluding carboxylic acids is 1. The zero-order chi connectivity index (χ0) is 13.1. The van der Waals surface area contributed by atoms with Gasteiger partial charge in [-0.25, -0.2) is 4.68 Å². The maximum atomic E-state index is 11.9. The van der Waals surface area contributed by atoms with Crippen LogP contribution in [-0.2, 0) is 11.8 Å². The number of rotatable bonds is 3. The Labute approximate surface area is 112 Å². The number of hydrogen-bond donors (Lipinski definition) is 2. The van der Waals surface area contributed by atoms with E-state index in [0.29, 0.717) is 24.7 Å². The van der Waals surface area contributed by atoms with Crippen LogP contribution in [-0.4, -0.2) is 44.4 Å². The van der Waals surface area contributed by atoms with Crippen LogP contribution >= 0.6 is 12.6 Å². The maximum Gasteiger partial charge on any atom is 0.223 e. The lowest BCUT2D eigenvalue weighted by Crippen LogP contribution is -2.39. The monoisotopic (exact) mass is 269 g/mol. The number of amides is 1. The highest BCUT2D eigenvalue weighted by molar-refractivity contribution is 7.80. The summed E-state index contributed by atoms with van der Waals surface area (Å²) in [4.78, 5) is 18.0. The molecule has 1 saturated heterocycles. The van der Waals surface area contributed by atoms with Crippen LogP contribution in [0, 0.1) is 0 Å². The molecule has 2 heterocycles. The number of nitrogens with zero attached hydrogens (tertiary/aromatic N) is 4. The van der Waals surface area contributed by atoms with Crippen LogP contribution in [0.1, 0.15) is 31.0 Å². The fraction of sp³-hybridized carbons (Fsp3) is 0.727. The van der Waals surface area contributed by atoms with Gasteiger partial charge in [0.25, 0.3) is 0 Å². The van der Waals surface area contributed by atoms with Gasteiger partial charge in [-0.2, -0.15) is 22.7 Å². The number of nitrogens with two attached hydrogens (primary N) is 1. The molecule has 7 heteroatoms. The molecule has 0 aromatic carbocycles. The minimum atomic E-state index is 0.165. The van der Waals surface area contributed by atoms with Crippen molar-refractivity contribution in [2.45, 2.75) is 25.2 Å². The van der Waals surface area contributed by atoms with Crippen LogP contribution < -0.4 is 5.73 Å². The molecule has 0 aliphatic carbocycles. The lowest BCUT2D eigenvalue weighted by Gasteiger charge is -2.31. The summed E-state index contributed by atoms with van der Waals surface area (Å²) < 4.78 is 1.57. The van der Waals surface area contributed by atoms with Crippen LogP contribution in [0.25, 0.3) is 0 Å². The number of hydrogen-bond acceptors (Lipinski definition) is 5. The fourth-order valence-electron chi connectivity index (χ4n) is 2.26. The Bertz CT molecular complexity index is 414. The first-order valence-electron chi connectivity index (χ1n) is 6.17. The molecule has 2 N–H and O–H groups in total. The minimum Gasteiger partial charge on any atom is -0.368 e. The van der Waals surface area contributed by atoms with Crippen molar-refractivity contribution in [3.8, 4) is 0 Å². The highest BCUT2D eigenvalue weighted by Gasteiger charge is 2.27. The molecule has 0 spiro atoms. The Morgan fingerprint density at radius 2 is 2.39 bits per heavy atom. The number of anilines is 1. The Morgan fingerprint density at radius 1 is 1.61 bits per heavy atom. The molecule has 1 unspecified atom stereocenters. The molecule has 2 rings (SSSR count). The smallest absolute Gasteiger partial charge is 0.223 e. The van der Waals surface area contributed by atoms with Crippen molar-refractivity contribution in [1.29, 1.82) is 0 Å². The molecular weight excluding hydrogens is 250 g/mol. The van der Waals surface area contributed by atoms with Gasteiger partial charge in [0.05, 0.1) is 0 Å². The lowest BCUT2D eigenvalue weighted by atomic mass is 9.97. The van der Waals surface area contributed by atoms with E-state index in [1.165, 1.54) is 0 Å². The van der Waals surface area contributed by atoms with Gasteiger partial charge < -0.3 is 10.6 Å². The molecule has 0 radical (unpaired) electrons. The van der Waals surface area contributed by atoms with Gasteiger partial charge in [-0.3, -0.25) is 4.79 Å². The zero-order valence-corrected chi connectivity index (χ0v) is 11.4. The van der Waals surface area contributed by atoms with E-state index < -0.39 is 0 Å². The van der Waals surface area contributed by atoms with Gasteiger partial charge in [0, 0.05) is 32.5 Å². The third kappa shape index (κ3) is 2.77. The Kier molecular flexibility index (Phi) is 4.11. The fourth-order valence-corrected chi connectivity index (χ4v) is 2.45. The third-order valence-electron chi connectivity index (χ3n) is 3.28. The van der Waals surface area contributed by atoms with Crippen molar-refractivity contribution in [2.24, 2.45) is 7.05 Å². The second kappa shape index (κ2) is 5.60. The molecular formula is C11H19N5OS. The molecule has 6 nitrogen and oxygen atoms in total. The standard InChI is InChI=1S/C11H19N5OS/c1-15-11(12)13-10(14-15)8-3-2-5-16(7-8)9(17)4-6-18/h8,18H,2-7H2,1H3,(H2,12,13,14). The topological polar surface area (TPSA) is 77.0 Å². The molecule has 0 bridgehead atoms. The predicted octanol–water partition coefficient (Wildman–Crippen LogP) is 0.423. The van der Waals surface area contributed by atoms with Gasteiger partial charge in [-0.05, 0) is 18.6 Å². The summed E-state index contributed by atoms with van der Waals surface area (Å²) in [6.45, 7) is 1.52. The van der Waals surface area contributed by atoms with E-state index in [4.69, 9.17) is 5.73 Å². The zero-order valence-electron chi connectivity index (χ0n) is 10.5. The number of thiol groups is 1. The quantitative estimate of drug-likeness (QED) is 0.780. The number of aryl methyl sites for hydroxylation is 1. The van der Waals surface area contributed by atoms with Crippen molar-refractivity contribution in [2.75, 3.05) is 24.6 Å². The average molecular weight is 269 g/mol. The summed E-state index contributed by atoms with van der Waals surface area (Å²) in [6.07, 6.45) is 2.49. The van der Waals surface area contributed by atoms with Crippen molar-refractivity contribution < 1.29 is 4.79 Å². The summed E-state index contributed by atoms with van der Waals surface area (Å²) in [5.41, 5.74) is 5.69. The van der Waals surface area contributed by atoms with Gasteiger partial charge >= 0.3 is 0 Å². The Morgan fingerprint density at radius 3 is 3.00 bits per heavy atom. The van der Waals surface area contributed by atoms with Gasteiger partial charge in [-0.1, -0.05) is 0 Å². The SMILES string of the molecule is Cn1nc(C2CCCN(C(=O)CCS)C2)nc1N. The van der Waals surface area contributed by atoms with Gasteiger partial charge in [0.15, 0.2) is 5.82 Å². The summed E-state index contributed by atoms with van der Waals surface area (Å²) in [5, 5.41) is 4.30. The molecule has 18 heavy (non-hydrogen) atoms. The van der Waals surface area contributed by atoms with Crippen LogP contribution in [0.3, 0.4) is 0 Å². The second-order valence-electron chi connectivity index (χ2n) is 4.60. The van der Waals surface area contributed by atoms with E-state index in [0.717, 1.165) is 25.2 Å². The largest absolute Gasteiger partial charge is 0.368 e. The molecule has 1 aromatic rings. The lowest BCUT2D eigenvalue weighted by molar-refractivity contribution is -0.131. The van der Waals surface area contributed by atoms with Crippen LogP contribution in [0.15, 0.2) is 0 Å². The molecule has 1 aromatic heterocycles. The van der Waals surface area contributed by atoms with Crippen LogP contribution in [0.4, 0.5) is 5.95 Å². The van der Waals surface area contributed by atoms with E-state index in [2.05, 4.69) is 22.7 Å². The molecule has 1 atom stereocenters. The summed E-state index contributed by atoms with van der Waals surface area (Å²) in [5.74, 6) is 2.13. The molecule has 1 amide bonds. The Balaban J connectivity index is 2.04. The normalized spacial score (nSPS) is 20.1. The molecule has 1 aliphatic heterocycles. The first-order chi connectivity index (χ1) is 8.61. The summed E-state index contributed by atoms with van der Waals surface area (Å²) in [6, 6.07) is 0. The van der Waals surface area contributed by atoms with Crippen molar-refractivity contribution in [3.05, 3.63) is 5.82 Å². The first kappa shape index (κ1) is 13.2. The van der Waals surface area contributed by atoms with Crippen molar-refractivity contribution in [1.82, 2.24) is 19.7 Å². The number of aromatic nitrogens is 3. The van der Waals surface area contributed by atoms with Crippen LogP contribution in [0.5, 0.6) is 0 Å². The maximum absolute atomic E-state index is 11.9. The van der Waals surface area contributed by atoms with E-state index >= 15 is 0 Å². The second-order valence-corrected chi connectivity index (χ2v) is 5.05. The van der Waals surface area contributed by atoms with Crippen molar-refractivity contribution in [3.63, 3.8) is 0 Å². The van der Waals surface area contributed by atoms with E-state index in [1.807, 2.05) is 4.90 Å². The molecule has 1 fully saturated rings. The van der Waals surface area contributed by atoms with Gasteiger partial charge in [0.2, 0.25) is 11.9 Å². The van der Waals surface area contributed by atoms with Crippen molar-refractivity contribution >= 4 is 24.5 Å². The summed E-state index contributed by atoms with van der Waals surface area (Å²) in [7, 11) is 1.78. The van der Waals surface area contributed by atoms with Crippen LogP contribution in [0.2, 0.25) is 0 Å². The number of nitrogen functional groups attached to an aromatic ring is 1. The van der Waals surface area contributed by atoms with E-state index in [-0.39, 0.29) is 11.8 Å². The van der Waals surface area contributed by atoms with Gasteiger partial charge in [-0.15, -0.1) is 0 Å².